The molecule has 0 aliphatic rings. The number of fused-ring (bicyclic) bond motifs is 1. The summed E-state index contributed by atoms with van der Waals surface area (Å²) in [6.45, 7) is 0. The molecule has 1 aromatic carbocycles. The molecule has 3 aromatic rings. The highest BCUT2D eigenvalue weighted by atomic mass is 19.2. The molecule has 0 N–H and O–H groups in total. The SMILES string of the molecule is Cn1ncnc1-c1noc2c(F)c(F)c(C=O)cc12. The Bertz CT molecular complexity index is 793. The first kappa shape index (κ1) is 11.5. The van der Waals surface area contributed by atoms with Crippen molar-refractivity contribution in [2.24, 2.45) is 7.05 Å². The first-order valence-electron chi connectivity index (χ1n) is 5.20. The van der Waals surface area contributed by atoms with Crippen molar-refractivity contribution in [3.05, 3.63) is 29.6 Å². The van der Waals surface area contributed by atoms with Crippen LogP contribution in [0.3, 0.4) is 0 Å². The molecular weight excluding hydrogens is 258 g/mol. The van der Waals surface area contributed by atoms with E-state index in [1.807, 2.05) is 0 Å². The van der Waals surface area contributed by atoms with Crippen LogP contribution in [0.25, 0.3) is 22.5 Å². The molecule has 19 heavy (non-hydrogen) atoms. The van der Waals surface area contributed by atoms with Crippen LogP contribution in [-0.2, 0) is 7.05 Å². The lowest BCUT2D eigenvalue weighted by atomic mass is 10.1. The van der Waals surface area contributed by atoms with Crippen LogP contribution < -0.4 is 0 Å². The second kappa shape index (κ2) is 3.94. The molecule has 0 aliphatic carbocycles. The van der Waals surface area contributed by atoms with Crippen molar-refractivity contribution in [2.45, 2.75) is 0 Å². The second-order valence-corrected chi connectivity index (χ2v) is 3.83. The average molecular weight is 264 g/mol. The van der Waals surface area contributed by atoms with E-state index in [0.29, 0.717) is 5.82 Å². The molecule has 6 nitrogen and oxygen atoms in total. The van der Waals surface area contributed by atoms with Crippen molar-refractivity contribution >= 4 is 17.3 Å². The smallest absolute Gasteiger partial charge is 0.206 e. The molecule has 0 bridgehead atoms. The normalized spacial score (nSPS) is 11.1. The van der Waals surface area contributed by atoms with Gasteiger partial charge in [0.15, 0.2) is 23.6 Å². The van der Waals surface area contributed by atoms with Gasteiger partial charge in [-0.2, -0.15) is 9.49 Å². The van der Waals surface area contributed by atoms with Crippen molar-refractivity contribution < 1.29 is 18.1 Å². The monoisotopic (exact) mass is 264 g/mol. The molecule has 0 spiro atoms. The van der Waals surface area contributed by atoms with Crippen LogP contribution in [-0.4, -0.2) is 26.2 Å². The minimum atomic E-state index is -1.26. The zero-order chi connectivity index (χ0) is 13.6. The summed E-state index contributed by atoms with van der Waals surface area (Å²) in [6.07, 6.45) is 1.52. The van der Waals surface area contributed by atoms with Crippen LogP contribution in [0.2, 0.25) is 0 Å². The van der Waals surface area contributed by atoms with Gasteiger partial charge in [0, 0.05) is 7.05 Å². The zero-order valence-electron chi connectivity index (χ0n) is 9.59. The Hall–Kier alpha value is -2.64. The Morgan fingerprint density at radius 1 is 1.37 bits per heavy atom. The minimum Gasteiger partial charge on any atom is -0.352 e. The third-order valence-corrected chi connectivity index (χ3v) is 2.72. The number of carbonyl (C=O) groups excluding carboxylic acids is 1. The van der Waals surface area contributed by atoms with Gasteiger partial charge >= 0.3 is 0 Å². The van der Waals surface area contributed by atoms with Crippen molar-refractivity contribution in [1.82, 2.24) is 19.9 Å². The molecule has 0 amide bonds. The van der Waals surface area contributed by atoms with Gasteiger partial charge in [0.05, 0.1) is 10.9 Å². The van der Waals surface area contributed by atoms with Gasteiger partial charge in [-0.05, 0) is 6.07 Å². The molecule has 0 saturated carbocycles. The van der Waals surface area contributed by atoms with Crippen LogP contribution in [0.5, 0.6) is 0 Å². The van der Waals surface area contributed by atoms with Crippen molar-refractivity contribution in [3.63, 3.8) is 0 Å². The Morgan fingerprint density at radius 2 is 2.16 bits per heavy atom. The molecular formula is C11H6F2N4O2. The Balaban J connectivity index is 2.38. The molecule has 0 atom stereocenters. The number of hydrogen-bond donors (Lipinski definition) is 0. The summed E-state index contributed by atoms with van der Waals surface area (Å²) in [5.41, 5.74) is -0.574. The van der Waals surface area contributed by atoms with Crippen LogP contribution in [0.1, 0.15) is 10.4 Å². The predicted molar refractivity (Wildman–Crippen MR) is 59.3 cm³/mol. The fraction of sp³-hybridized carbons (Fsp3) is 0.0909. The molecule has 0 aliphatic heterocycles. The molecule has 0 unspecified atom stereocenters. The summed E-state index contributed by atoms with van der Waals surface area (Å²) in [4.78, 5) is 14.7. The average Bonchev–Trinajstić information content (AvgIpc) is 2.99. The lowest BCUT2D eigenvalue weighted by molar-refractivity contribution is 0.111. The zero-order valence-corrected chi connectivity index (χ0v) is 9.59. The summed E-state index contributed by atoms with van der Waals surface area (Å²) in [5.74, 6) is -2.19. The van der Waals surface area contributed by atoms with E-state index in [1.54, 1.807) is 7.05 Å². The van der Waals surface area contributed by atoms with Gasteiger partial charge in [-0.15, -0.1) is 0 Å². The third-order valence-electron chi connectivity index (χ3n) is 2.72. The maximum Gasteiger partial charge on any atom is 0.206 e. The van der Waals surface area contributed by atoms with Gasteiger partial charge in [-0.25, -0.2) is 14.1 Å². The summed E-state index contributed by atoms with van der Waals surface area (Å²) in [5, 5.41) is 7.67. The largest absolute Gasteiger partial charge is 0.352 e. The summed E-state index contributed by atoms with van der Waals surface area (Å²) < 4.78 is 33.3. The maximum atomic E-state index is 13.7. The Labute approximate surface area is 104 Å². The molecule has 8 heteroatoms. The van der Waals surface area contributed by atoms with Gasteiger partial charge in [-0.3, -0.25) is 4.79 Å². The van der Waals surface area contributed by atoms with Gasteiger partial charge in [-0.1, -0.05) is 5.16 Å². The topological polar surface area (TPSA) is 73.8 Å². The van der Waals surface area contributed by atoms with Gasteiger partial charge in [0.1, 0.15) is 6.33 Å². The number of aromatic nitrogens is 4. The number of halogens is 2. The fourth-order valence-corrected chi connectivity index (χ4v) is 1.79. The van der Waals surface area contributed by atoms with E-state index < -0.39 is 17.2 Å². The van der Waals surface area contributed by atoms with Crippen LogP contribution in [0.15, 0.2) is 16.9 Å². The maximum absolute atomic E-state index is 13.7. The number of carbonyl (C=O) groups is 1. The number of benzene rings is 1. The van der Waals surface area contributed by atoms with E-state index in [2.05, 4.69) is 15.2 Å². The number of hydrogen-bond acceptors (Lipinski definition) is 5. The third kappa shape index (κ3) is 1.53. The molecule has 0 radical (unpaired) electrons. The molecule has 3 rings (SSSR count). The van der Waals surface area contributed by atoms with E-state index in [1.165, 1.54) is 17.1 Å². The number of aryl methyl sites for hydroxylation is 1. The molecule has 2 aromatic heterocycles. The van der Waals surface area contributed by atoms with Crippen LogP contribution >= 0.6 is 0 Å². The highest BCUT2D eigenvalue weighted by Crippen LogP contribution is 2.30. The molecule has 2 heterocycles. The Morgan fingerprint density at radius 3 is 2.79 bits per heavy atom. The number of aldehydes is 1. The summed E-state index contributed by atoms with van der Waals surface area (Å²) in [6, 6.07) is 1.17. The second-order valence-electron chi connectivity index (χ2n) is 3.83. The van der Waals surface area contributed by atoms with E-state index >= 15 is 0 Å². The van der Waals surface area contributed by atoms with Crippen LogP contribution in [0.4, 0.5) is 8.78 Å². The predicted octanol–water partition coefficient (Wildman–Crippen LogP) is 1.71. The summed E-state index contributed by atoms with van der Waals surface area (Å²) >= 11 is 0. The standard InChI is InChI=1S/C11H6F2N4O2/c1-17-11(14-4-15-17)9-6-2-5(3-18)7(12)8(13)10(6)19-16-9/h2-4H,1H3. The van der Waals surface area contributed by atoms with Gasteiger partial charge in [0.2, 0.25) is 11.4 Å². The van der Waals surface area contributed by atoms with E-state index in [9.17, 15) is 13.6 Å². The van der Waals surface area contributed by atoms with E-state index in [0.717, 1.165) is 0 Å². The fourth-order valence-electron chi connectivity index (χ4n) is 1.79. The molecule has 0 saturated heterocycles. The first-order chi connectivity index (χ1) is 9.13. The van der Waals surface area contributed by atoms with E-state index in [4.69, 9.17) is 4.52 Å². The number of nitrogens with zero attached hydrogens (tertiary/aromatic N) is 4. The highest BCUT2D eigenvalue weighted by molar-refractivity contribution is 5.94. The molecule has 0 fully saturated rings. The quantitative estimate of drug-likeness (QED) is 0.659. The lowest BCUT2D eigenvalue weighted by Gasteiger charge is -1.98. The van der Waals surface area contributed by atoms with Crippen molar-refractivity contribution in [1.29, 1.82) is 0 Å². The number of rotatable bonds is 2. The highest BCUT2D eigenvalue weighted by Gasteiger charge is 2.22. The summed E-state index contributed by atoms with van der Waals surface area (Å²) in [7, 11) is 1.61. The first-order valence-corrected chi connectivity index (χ1v) is 5.20. The Kier molecular flexibility index (Phi) is 2.37. The molecule has 96 valence electrons. The lowest BCUT2D eigenvalue weighted by Crippen LogP contribution is -1.96. The van der Waals surface area contributed by atoms with Crippen molar-refractivity contribution in [2.75, 3.05) is 0 Å². The van der Waals surface area contributed by atoms with E-state index in [-0.39, 0.29) is 22.9 Å². The van der Waals surface area contributed by atoms with Gasteiger partial charge in [0.25, 0.3) is 0 Å². The minimum absolute atomic E-state index is 0.164. The van der Waals surface area contributed by atoms with Crippen molar-refractivity contribution in [3.8, 4) is 11.5 Å². The van der Waals surface area contributed by atoms with Gasteiger partial charge < -0.3 is 4.52 Å². The van der Waals surface area contributed by atoms with Crippen LogP contribution in [0, 0.1) is 11.6 Å².